The fourth-order valence-corrected chi connectivity index (χ4v) is 6.25. The Balaban J connectivity index is 2.93. The van der Waals surface area contributed by atoms with E-state index in [0.29, 0.717) is 12.3 Å². The number of rotatable bonds is 23. The minimum absolute atomic E-state index is 0.00466. The molecule has 1 fully saturated rings. The first kappa shape index (κ1) is 49.3. The second kappa shape index (κ2) is 21.0. The Morgan fingerprint density at radius 2 is 1.11 bits per heavy atom. The smallest absolute Gasteiger partial charge is 0.246 e. The Kier molecular flexibility index (Phi) is 18.8. The highest BCUT2D eigenvalue weighted by molar-refractivity contribution is 5.98. The Labute approximate surface area is 330 Å². The molecule has 0 aromatic rings. The van der Waals surface area contributed by atoms with Crippen LogP contribution in [0.2, 0.25) is 0 Å². The van der Waals surface area contributed by atoms with Crippen molar-refractivity contribution in [2.45, 2.75) is 169 Å². The van der Waals surface area contributed by atoms with E-state index in [1.807, 2.05) is 60.5 Å². The van der Waals surface area contributed by atoms with Gasteiger partial charge in [-0.25, -0.2) is 0 Å². The molecule has 0 radical (unpaired) electrons. The maximum absolute atomic E-state index is 13.7. The molecule has 7 N–H and O–H groups in total. The second-order valence-corrected chi connectivity index (χ2v) is 18.6. The van der Waals surface area contributed by atoms with Crippen LogP contribution in [0.25, 0.3) is 0 Å². The summed E-state index contributed by atoms with van der Waals surface area (Å²) >= 11 is 0. The van der Waals surface area contributed by atoms with E-state index in [1.165, 1.54) is 27.7 Å². The van der Waals surface area contributed by atoms with Gasteiger partial charge in [0.2, 0.25) is 41.4 Å². The van der Waals surface area contributed by atoms with Gasteiger partial charge in [-0.05, 0) is 112 Å². The first-order valence-corrected chi connectivity index (χ1v) is 19.9. The highest BCUT2D eigenvalue weighted by Gasteiger charge is 2.41. The molecule has 1 aliphatic carbocycles. The lowest BCUT2D eigenvalue weighted by Gasteiger charge is -2.44. The minimum atomic E-state index is -1.50. The van der Waals surface area contributed by atoms with Crippen LogP contribution in [-0.4, -0.2) is 108 Å². The zero-order chi connectivity index (χ0) is 42.5. The van der Waals surface area contributed by atoms with Crippen molar-refractivity contribution in [1.29, 1.82) is 0 Å². The third-order valence-electron chi connectivity index (χ3n) is 9.61. The number of likely N-dealkylation sites (N-methyl/N-ethyl adjacent to an activating group) is 1. The number of nitrogens with zero attached hydrogens (tertiary/aromatic N) is 1. The number of carbonyl (C=O) groups is 7. The molecular formula is C40H74N8O7. The average molecular weight is 779 g/mol. The van der Waals surface area contributed by atoms with E-state index in [4.69, 9.17) is 0 Å². The predicted molar refractivity (Wildman–Crippen MR) is 214 cm³/mol. The number of carbonyl (C=O) groups excluding carboxylic acids is 7. The van der Waals surface area contributed by atoms with Crippen molar-refractivity contribution in [2.24, 2.45) is 17.8 Å². The van der Waals surface area contributed by atoms with Gasteiger partial charge in [-0.2, -0.15) is 0 Å². The van der Waals surface area contributed by atoms with Crippen LogP contribution in [0.3, 0.4) is 0 Å². The van der Waals surface area contributed by atoms with E-state index in [0.717, 1.165) is 25.8 Å². The molecule has 1 saturated carbocycles. The van der Waals surface area contributed by atoms with Gasteiger partial charge in [0.1, 0.15) is 28.7 Å². The van der Waals surface area contributed by atoms with Gasteiger partial charge in [-0.15, -0.1) is 0 Å². The first-order valence-electron chi connectivity index (χ1n) is 19.9. The fraction of sp³-hybridized carbons (Fsp3) is 0.825. The number of amides is 7. The standard InChI is InChI=1S/C40H74N8O7/c1-25(2)16-17-30(49)44-38(9,10)35(54)43-28(22-26(3)4)32(51)42-29(23-27(5)6)33(52)46-39(11,12)36(55)47-37(7,8)34(53)41-21-18-31(50)45-40(19-15-20-40)24-48(13)14/h25-29H,15-24H2,1-14H3,(H,41,53)(H,42,51)(H,43,54)(H,44,49)(H,45,50)(H,46,52)(H,47,55)/t28-,29-/m0/s1. The molecule has 1 aliphatic rings. The molecule has 0 saturated heterocycles. The lowest BCUT2D eigenvalue weighted by Crippen LogP contribution is -2.65. The zero-order valence-electron chi connectivity index (χ0n) is 36.3. The summed E-state index contributed by atoms with van der Waals surface area (Å²) in [6.45, 7) is 21.6. The van der Waals surface area contributed by atoms with E-state index in [9.17, 15) is 33.6 Å². The normalized spacial score (nSPS) is 15.5. The molecule has 1 rings (SSSR count). The summed E-state index contributed by atoms with van der Waals surface area (Å²) in [5.74, 6) is -2.96. The van der Waals surface area contributed by atoms with Crippen LogP contribution in [0.1, 0.15) is 134 Å². The fourth-order valence-electron chi connectivity index (χ4n) is 6.25. The largest absolute Gasteiger partial charge is 0.354 e. The maximum atomic E-state index is 13.7. The van der Waals surface area contributed by atoms with Crippen LogP contribution >= 0.6 is 0 Å². The van der Waals surface area contributed by atoms with E-state index in [-0.39, 0.29) is 61.4 Å². The van der Waals surface area contributed by atoms with Crippen molar-refractivity contribution in [1.82, 2.24) is 42.1 Å². The highest BCUT2D eigenvalue weighted by atomic mass is 16.2. The third-order valence-corrected chi connectivity index (χ3v) is 9.61. The molecule has 0 heterocycles. The Hall–Kier alpha value is -3.75. The van der Waals surface area contributed by atoms with Gasteiger partial charge < -0.3 is 42.1 Å². The Morgan fingerprint density at radius 1 is 0.600 bits per heavy atom. The van der Waals surface area contributed by atoms with Gasteiger partial charge >= 0.3 is 0 Å². The van der Waals surface area contributed by atoms with Gasteiger partial charge in [0.05, 0.1) is 5.54 Å². The molecule has 0 spiro atoms. The van der Waals surface area contributed by atoms with E-state index < -0.39 is 58.2 Å². The first-order chi connectivity index (χ1) is 25.1. The third kappa shape index (κ3) is 17.3. The van der Waals surface area contributed by atoms with E-state index in [1.54, 1.807) is 13.8 Å². The number of hydrogen-bond acceptors (Lipinski definition) is 8. The van der Waals surface area contributed by atoms with Crippen molar-refractivity contribution >= 4 is 41.4 Å². The van der Waals surface area contributed by atoms with Gasteiger partial charge in [-0.3, -0.25) is 33.6 Å². The summed E-state index contributed by atoms with van der Waals surface area (Å²) in [4.78, 5) is 94.6. The summed E-state index contributed by atoms with van der Waals surface area (Å²) in [6, 6.07) is -2.05. The SMILES string of the molecule is CC(C)CCC(=O)NC(C)(C)C(=O)N[C@@H](CC(C)C)C(=O)N[C@@H](CC(C)C)C(=O)NC(C)(C)C(=O)NC(C)(C)C(=O)NCCC(=O)NC1(CN(C)C)CCC1. The maximum Gasteiger partial charge on any atom is 0.246 e. The van der Waals surface area contributed by atoms with Crippen molar-refractivity contribution in [3.63, 3.8) is 0 Å². The van der Waals surface area contributed by atoms with Gasteiger partial charge in [0.25, 0.3) is 0 Å². The predicted octanol–water partition coefficient (Wildman–Crippen LogP) is 2.28. The molecule has 316 valence electrons. The summed E-state index contributed by atoms with van der Waals surface area (Å²) in [6.07, 6.45) is 4.43. The summed E-state index contributed by atoms with van der Waals surface area (Å²) in [5, 5.41) is 19.6. The van der Waals surface area contributed by atoms with E-state index >= 15 is 0 Å². The van der Waals surface area contributed by atoms with E-state index in [2.05, 4.69) is 37.2 Å². The molecule has 2 atom stereocenters. The highest BCUT2D eigenvalue weighted by Crippen LogP contribution is 2.32. The van der Waals surface area contributed by atoms with Crippen LogP contribution in [0.5, 0.6) is 0 Å². The number of hydrogen-bond donors (Lipinski definition) is 7. The van der Waals surface area contributed by atoms with Crippen molar-refractivity contribution < 1.29 is 33.6 Å². The molecule has 0 unspecified atom stereocenters. The monoisotopic (exact) mass is 779 g/mol. The minimum Gasteiger partial charge on any atom is -0.354 e. The van der Waals surface area contributed by atoms with Gasteiger partial charge in [-0.1, -0.05) is 41.5 Å². The molecule has 55 heavy (non-hydrogen) atoms. The molecule has 0 aliphatic heterocycles. The van der Waals surface area contributed by atoms with Crippen LogP contribution in [0.15, 0.2) is 0 Å². The molecular weight excluding hydrogens is 704 g/mol. The summed E-state index contributed by atoms with van der Waals surface area (Å²) in [7, 11) is 3.93. The topological polar surface area (TPSA) is 207 Å². The number of nitrogens with one attached hydrogen (secondary N) is 7. The molecule has 0 bridgehead atoms. The average Bonchev–Trinajstić information content (AvgIpc) is 3.00. The molecule has 15 nitrogen and oxygen atoms in total. The Bertz CT molecular complexity index is 1350. The summed E-state index contributed by atoms with van der Waals surface area (Å²) < 4.78 is 0. The van der Waals surface area contributed by atoms with Crippen molar-refractivity contribution in [3.05, 3.63) is 0 Å². The van der Waals surface area contributed by atoms with Crippen LogP contribution in [0, 0.1) is 17.8 Å². The molecule has 0 aromatic carbocycles. The van der Waals surface area contributed by atoms with Crippen molar-refractivity contribution in [3.8, 4) is 0 Å². The van der Waals surface area contributed by atoms with Crippen molar-refractivity contribution in [2.75, 3.05) is 27.2 Å². The zero-order valence-corrected chi connectivity index (χ0v) is 36.3. The van der Waals surface area contributed by atoms with Crippen LogP contribution in [-0.2, 0) is 33.6 Å². The quantitative estimate of drug-likeness (QED) is 0.0818. The lowest BCUT2D eigenvalue weighted by molar-refractivity contribution is -0.139. The van der Waals surface area contributed by atoms with Crippen LogP contribution in [0.4, 0.5) is 0 Å². The summed E-state index contributed by atoms with van der Waals surface area (Å²) in [5.41, 5.74) is -4.41. The molecule has 0 aromatic heterocycles. The Morgan fingerprint density at radius 3 is 1.58 bits per heavy atom. The molecule has 15 heteroatoms. The lowest BCUT2D eigenvalue weighted by atomic mass is 9.76. The molecule has 7 amide bonds. The second-order valence-electron chi connectivity index (χ2n) is 18.6. The van der Waals surface area contributed by atoms with Gasteiger partial charge in [0, 0.05) is 25.9 Å². The van der Waals surface area contributed by atoms with Crippen LogP contribution < -0.4 is 37.2 Å². The van der Waals surface area contributed by atoms with Gasteiger partial charge in [0.15, 0.2) is 0 Å².